The van der Waals surface area contributed by atoms with Gasteiger partial charge in [-0.1, -0.05) is 42.5 Å². The van der Waals surface area contributed by atoms with Gasteiger partial charge >= 0.3 is 6.61 Å². The molecule has 0 aliphatic carbocycles. The van der Waals surface area contributed by atoms with Crippen LogP contribution in [0, 0.1) is 0 Å². The molecule has 7 heteroatoms. The topological polar surface area (TPSA) is 56.8 Å². The molecule has 0 fully saturated rings. The summed E-state index contributed by atoms with van der Waals surface area (Å²) in [5.74, 6) is 0.718. The van der Waals surface area contributed by atoms with E-state index in [0.717, 1.165) is 0 Å². The lowest BCUT2D eigenvalue weighted by Crippen LogP contribution is -2.14. The van der Waals surface area contributed by atoms with Gasteiger partial charge in [-0.2, -0.15) is 8.78 Å². The summed E-state index contributed by atoms with van der Waals surface area (Å²) in [6.07, 6.45) is 1.67. The summed E-state index contributed by atoms with van der Waals surface area (Å²) in [6.45, 7) is -2.90. The van der Waals surface area contributed by atoms with Crippen molar-refractivity contribution in [3.8, 4) is 17.2 Å². The minimum absolute atomic E-state index is 0.0407. The summed E-state index contributed by atoms with van der Waals surface area (Å²) in [4.78, 5) is 13.2. The zero-order chi connectivity index (χ0) is 22.2. The van der Waals surface area contributed by atoms with Gasteiger partial charge in [0.05, 0.1) is 19.9 Å². The number of ether oxygens (including phenoxy) is 3. The summed E-state index contributed by atoms with van der Waals surface area (Å²) in [6, 6.07) is 20.2. The summed E-state index contributed by atoms with van der Waals surface area (Å²) in [5.41, 5.74) is 2.17. The average molecular weight is 425 g/mol. The van der Waals surface area contributed by atoms with Crippen molar-refractivity contribution < 1.29 is 27.8 Å². The predicted molar refractivity (Wildman–Crippen MR) is 116 cm³/mol. The number of carbonyl (C=O) groups is 1. The molecular formula is C24H21F2NO4. The third-order valence-electron chi connectivity index (χ3n) is 4.40. The quantitative estimate of drug-likeness (QED) is 0.383. The van der Waals surface area contributed by atoms with E-state index < -0.39 is 6.61 Å². The number of anilines is 1. The standard InChI is InChI=1S/C24H21F2NO4/c1-29-19-12-13-22(30-2)21(15-19)27-23(28)20(17-6-4-3-5-7-17)14-16-8-10-18(11-9-16)31-24(25)26/h3-15,24H,1-2H3,(H,27,28). The van der Waals surface area contributed by atoms with Gasteiger partial charge in [0, 0.05) is 11.6 Å². The molecule has 0 aromatic heterocycles. The number of alkyl halides is 2. The van der Waals surface area contributed by atoms with Gasteiger partial charge in [-0.25, -0.2) is 0 Å². The van der Waals surface area contributed by atoms with Crippen LogP contribution < -0.4 is 19.5 Å². The van der Waals surface area contributed by atoms with Crippen molar-refractivity contribution in [2.75, 3.05) is 19.5 Å². The molecule has 0 aliphatic rings. The maximum atomic E-state index is 13.2. The molecule has 0 aliphatic heterocycles. The van der Waals surface area contributed by atoms with Crippen molar-refractivity contribution in [2.45, 2.75) is 6.61 Å². The van der Waals surface area contributed by atoms with Crippen molar-refractivity contribution in [1.82, 2.24) is 0 Å². The lowest BCUT2D eigenvalue weighted by atomic mass is 10.0. The van der Waals surface area contributed by atoms with Gasteiger partial charge < -0.3 is 19.5 Å². The van der Waals surface area contributed by atoms with Gasteiger partial charge in [0.25, 0.3) is 5.91 Å². The third-order valence-corrected chi connectivity index (χ3v) is 4.40. The van der Waals surface area contributed by atoms with Crippen LogP contribution >= 0.6 is 0 Å². The maximum absolute atomic E-state index is 13.2. The van der Waals surface area contributed by atoms with E-state index in [0.29, 0.717) is 33.9 Å². The van der Waals surface area contributed by atoms with E-state index >= 15 is 0 Å². The second-order valence-electron chi connectivity index (χ2n) is 6.39. The molecule has 0 saturated heterocycles. The SMILES string of the molecule is COc1ccc(OC)c(NC(=O)C(=Cc2ccc(OC(F)F)cc2)c2ccccc2)c1. The number of carbonyl (C=O) groups excluding carboxylic acids is 1. The van der Waals surface area contributed by atoms with Crippen molar-refractivity contribution in [1.29, 1.82) is 0 Å². The molecule has 31 heavy (non-hydrogen) atoms. The maximum Gasteiger partial charge on any atom is 0.387 e. The number of amides is 1. The Labute approximate surface area is 178 Å². The van der Waals surface area contributed by atoms with E-state index in [1.54, 1.807) is 36.4 Å². The molecule has 3 aromatic carbocycles. The molecule has 5 nitrogen and oxygen atoms in total. The van der Waals surface area contributed by atoms with Gasteiger partial charge in [0.1, 0.15) is 17.2 Å². The second kappa shape index (κ2) is 10.2. The molecule has 0 saturated carbocycles. The van der Waals surface area contributed by atoms with Crippen molar-refractivity contribution in [2.24, 2.45) is 0 Å². The van der Waals surface area contributed by atoms with Gasteiger partial charge in [0.2, 0.25) is 0 Å². The summed E-state index contributed by atoms with van der Waals surface area (Å²) >= 11 is 0. The van der Waals surface area contributed by atoms with Crippen LogP contribution in [-0.4, -0.2) is 26.7 Å². The molecule has 160 valence electrons. The minimum atomic E-state index is -2.90. The fraction of sp³-hybridized carbons (Fsp3) is 0.125. The Morgan fingerprint density at radius 1 is 0.903 bits per heavy atom. The van der Waals surface area contributed by atoms with Crippen molar-refractivity contribution in [3.63, 3.8) is 0 Å². The Hall–Kier alpha value is -3.87. The molecule has 0 atom stereocenters. The zero-order valence-electron chi connectivity index (χ0n) is 17.0. The Morgan fingerprint density at radius 2 is 1.58 bits per heavy atom. The first-order chi connectivity index (χ1) is 15.0. The molecule has 0 unspecified atom stereocenters. The van der Waals surface area contributed by atoms with Crippen LogP contribution in [0.1, 0.15) is 11.1 Å². The average Bonchev–Trinajstić information content (AvgIpc) is 2.78. The highest BCUT2D eigenvalue weighted by Gasteiger charge is 2.15. The highest BCUT2D eigenvalue weighted by Crippen LogP contribution is 2.30. The molecular weight excluding hydrogens is 404 g/mol. The van der Waals surface area contributed by atoms with Crippen LogP contribution in [0.25, 0.3) is 11.6 Å². The Bertz CT molecular complexity index is 1050. The fourth-order valence-electron chi connectivity index (χ4n) is 2.91. The normalized spacial score (nSPS) is 11.2. The number of nitrogens with one attached hydrogen (secondary N) is 1. The summed E-state index contributed by atoms with van der Waals surface area (Å²) < 4.78 is 39.7. The molecule has 1 amide bonds. The van der Waals surface area contributed by atoms with Gasteiger partial charge in [-0.05, 0) is 41.5 Å². The predicted octanol–water partition coefficient (Wildman–Crippen LogP) is 5.48. The molecule has 1 N–H and O–H groups in total. The van der Waals surface area contributed by atoms with Crippen molar-refractivity contribution >= 4 is 23.2 Å². The Morgan fingerprint density at radius 3 is 2.19 bits per heavy atom. The molecule has 0 radical (unpaired) electrons. The fourth-order valence-corrected chi connectivity index (χ4v) is 2.91. The Kier molecular flexibility index (Phi) is 7.22. The molecule has 3 aromatic rings. The third kappa shape index (κ3) is 5.82. The smallest absolute Gasteiger partial charge is 0.387 e. The van der Waals surface area contributed by atoms with Crippen LogP contribution in [-0.2, 0) is 4.79 Å². The summed E-state index contributed by atoms with van der Waals surface area (Å²) in [5, 5.41) is 2.86. The number of methoxy groups -OCH3 is 2. The minimum Gasteiger partial charge on any atom is -0.497 e. The van der Waals surface area contributed by atoms with Gasteiger partial charge in [0.15, 0.2) is 0 Å². The van der Waals surface area contributed by atoms with Crippen LogP contribution in [0.2, 0.25) is 0 Å². The van der Waals surface area contributed by atoms with Crippen LogP contribution in [0.3, 0.4) is 0 Å². The number of benzene rings is 3. The first-order valence-electron chi connectivity index (χ1n) is 9.35. The first kappa shape index (κ1) is 21.8. The lowest BCUT2D eigenvalue weighted by molar-refractivity contribution is -0.111. The lowest BCUT2D eigenvalue weighted by Gasteiger charge is -2.14. The van der Waals surface area contributed by atoms with Crippen LogP contribution in [0.5, 0.6) is 17.2 Å². The molecule has 3 rings (SSSR count). The van der Waals surface area contributed by atoms with Gasteiger partial charge in [-0.15, -0.1) is 0 Å². The second-order valence-corrected chi connectivity index (χ2v) is 6.39. The number of halogens is 2. The molecule has 0 bridgehead atoms. The number of hydrogen-bond donors (Lipinski definition) is 1. The van der Waals surface area contributed by atoms with E-state index in [4.69, 9.17) is 9.47 Å². The number of hydrogen-bond acceptors (Lipinski definition) is 4. The van der Waals surface area contributed by atoms with Crippen LogP contribution in [0.15, 0.2) is 72.8 Å². The van der Waals surface area contributed by atoms with E-state index in [1.165, 1.54) is 26.4 Å². The monoisotopic (exact) mass is 425 g/mol. The largest absolute Gasteiger partial charge is 0.497 e. The summed E-state index contributed by atoms with van der Waals surface area (Å²) in [7, 11) is 3.04. The number of rotatable bonds is 8. The first-order valence-corrected chi connectivity index (χ1v) is 9.35. The molecule has 0 spiro atoms. The highest BCUT2D eigenvalue weighted by molar-refractivity contribution is 6.29. The van der Waals surface area contributed by atoms with Crippen LogP contribution in [0.4, 0.5) is 14.5 Å². The van der Waals surface area contributed by atoms with E-state index in [9.17, 15) is 13.6 Å². The van der Waals surface area contributed by atoms with Gasteiger partial charge in [-0.3, -0.25) is 4.79 Å². The van der Waals surface area contributed by atoms with E-state index in [1.807, 2.05) is 30.3 Å². The molecule has 0 heterocycles. The van der Waals surface area contributed by atoms with E-state index in [2.05, 4.69) is 10.1 Å². The van der Waals surface area contributed by atoms with E-state index in [-0.39, 0.29) is 11.7 Å². The zero-order valence-corrected chi connectivity index (χ0v) is 17.0. The highest BCUT2D eigenvalue weighted by atomic mass is 19.3. The van der Waals surface area contributed by atoms with Crippen molar-refractivity contribution in [3.05, 3.63) is 83.9 Å². The Balaban J connectivity index is 1.95.